The molecule has 0 saturated carbocycles. The molecule has 0 saturated heterocycles. The van der Waals surface area contributed by atoms with Crippen molar-refractivity contribution in [3.8, 4) is 0 Å². The summed E-state index contributed by atoms with van der Waals surface area (Å²) in [4.78, 5) is 10.9. The molecule has 0 fully saturated rings. The fourth-order valence-electron chi connectivity index (χ4n) is 2.47. The number of ether oxygens (including phenoxy) is 1. The van der Waals surface area contributed by atoms with E-state index in [1.54, 1.807) is 0 Å². The summed E-state index contributed by atoms with van der Waals surface area (Å²) in [5.41, 5.74) is 0. The second kappa shape index (κ2) is 17.3. The number of rotatable bonds is 15. The molecule has 0 aromatic rings. The Balaban J connectivity index is 3.08. The smallest absolute Gasteiger partial charge is 0.305 e. The van der Waals surface area contributed by atoms with E-state index in [9.17, 15) is 4.79 Å². The molecule has 0 N–H and O–H groups in total. The van der Waals surface area contributed by atoms with Crippen LogP contribution in [0.1, 0.15) is 96.8 Å². The van der Waals surface area contributed by atoms with Gasteiger partial charge in [-0.3, -0.25) is 4.79 Å². The number of hydrogen-bond donors (Lipinski definition) is 0. The monoisotopic (exact) mass is 296 g/mol. The van der Waals surface area contributed by atoms with Gasteiger partial charge in [-0.1, -0.05) is 83.3 Å². The molecular formula is C19H36O2. The van der Waals surface area contributed by atoms with Gasteiger partial charge in [0.15, 0.2) is 0 Å². The van der Waals surface area contributed by atoms with Crippen molar-refractivity contribution in [3.05, 3.63) is 12.2 Å². The average molecular weight is 296 g/mol. The molecule has 0 aliphatic rings. The number of methoxy groups -OCH3 is 1. The fraction of sp³-hybridized carbons (Fsp3) is 0.842. The third-order valence-corrected chi connectivity index (χ3v) is 3.88. The van der Waals surface area contributed by atoms with E-state index in [0.29, 0.717) is 6.42 Å². The Hall–Kier alpha value is -0.790. The van der Waals surface area contributed by atoms with E-state index in [1.807, 2.05) is 0 Å². The molecule has 0 rings (SSSR count). The summed E-state index contributed by atoms with van der Waals surface area (Å²) in [5, 5.41) is 0. The van der Waals surface area contributed by atoms with Gasteiger partial charge in [-0.15, -0.1) is 0 Å². The van der Waals surface area contributed by atoms with E-state index < -0.39 is 0 Å². The van der Waals surface area contributed by atoms with Crippen LogP contribution in [0.5, 0.6) is 0 Å². The predicted molar refractivity (Wildman–Crippen MR) is 91.5 cm³/mol. The maximum Gasteiger partial charge on any atom is 0.305 e. The van der Waals surface area contributed by atoms with Crippen molar-refractivity contribution in [1.29, 1.82) is 0 Å². The third kappa shape index (κ3) is 17.2. The Kier molecular flexibility index (Phi) is 16.6. The SMILES string of the molecule is CCCCCCCCCCCCC/C=C/CCC(=O)OC. The standard InChI is InChI=1S/C19H36O2/c1-3-4-5-6-7-8-9-10-11-12-13-14-15-16-17-18-19(20)21-2/h15-16H,3-14,17-18H2,1-2H3/b16-15+. The van der Waals surface area contributed by atoms with E-state index in [0.717, 1.165) is 12.8 Å². The molecule has 0 spiro atoms. The minimum Gasteiger partial charge on any atom is -0.469 e. The number of esters is 1. The van der Waals surface area contributed by atoms with Crippen LogP contribution < -0.4 is 0 Å². The fourth-order valence-corrected chi connectivity index (χ4v) is 2.47. The van der Waals surface area contributed by atoms with Gasteiger partial charge >= 0.3 is 5.97 Å². The van der Waals surface area contributed by atoms with Gasteiger partial charge in [0.25, 0.3) is 0 Å². The summed E-state index contributed by atoms with van der Waals surface area (Å²) in [5.74, 6) is -0.116. The highest BCUT2D eigenvalue weighted by molar-refractivity contribution is 5.69. The normalized spacial score (nSPS) is 11.1. The first kappa shape index (κ1) is 20.2. The van der Waals surface area contributed by atoms with Gasteiger partial charge in [-0.25, -0.2) is 0 Å². The Bertz CT molecular complexity index is 246. The zero-order chi connectivity index (χ0) is 15.6. The quantitative estimate of drug-likeness (QED) is 0.204. The number of unbranched alkanes of at least 4 members (excludes halogenated alkanes) is 11. The first-order valence-electron chi connectivity index (χ1n) is 9.03. The van der Waals surface area contributed by atoms with Crippen LogP contribution in [0, 0.1) is 0 Å². The van der Waals surface area contributed by atoms with Crippen molar-refractivity contribution in [2.75, 3.05) is 7.11 Å². The van der Waals surface area contributed by atoms with E-state index in [4.69, 9.17) is 0 Å². The lowest BCUT2D eigenvalue weighted by Crippen LogP contribution is -1.97. The number of carbonyl (C=O) groups is 1. The maximum atomic E-state index is 10.9. The summed E-state index contributed by atoms with van der Waals surface area (Å²) < 4.78 is 4.60. The summed E-state index contributed by atoms with van der Waals surface area (Å²) >= 11 is 0. The van der Waals surface area contributed by atoms with Crippen molar-refractivity contribution in [2.24, 2.45) is 0 Å². The van der Waals surface area contributed by atoms with E-state index in [2.05, 4.69) is 23.8 Å². The molecule has 0 amide bonds. The Morgan fingerprint density at radius 1 is 0.762 bits per heavy atom. The van der Waals surface area contributed by atoms with E-state index >= 15 is 0 Å². The lowest BCUT2D eigenvalue weighted by atomic mass is 10.1. The molecule has 0 aliphatic heterocycles. The molecule has 0 aromatic carbocycles. The Labute approximate surface area is 132 Å². The molecule has 0 radical (unpaired) electrons. The Morgan fingerprint density at radius 3 is 1.76 bits per heavy atom. The summed E-state index contributed by atoms with van der Waals surface area (Å²) in [6.45, 7) is 2.27. The number of carbonyl (C=O) groups excluding carboxylic acids is 1. The second-order valence-electron chi connectivity index (χ2n) is 5.91. The summed E-state index contributed by atoms with van der Waals surface area (Å²) in [6, 6.07) is 0. The minimum atomic E-state index is -0.116. The molecule has 0 bridgehead atoms. The molecule has 21 heavy (non-hydrogen) atoms. The van der Waals surface area contributed by atoms with Crippen molar-refractivity contribution < 1.29 is 9.53 Å². The molecule has 124 valence electrons. The van der Waals surface area contributed by atoms with Gasteiger partial charge in [-0.2, -0.15) is 0 Å². The second-order valence-corrected chi connectivity index (χ2v) is 5.91. The molecule has 0 unspecified atom stereocenters. The number of allylic oxidation sites excluding steroid dienone is 2. The molecule has 0 atom stereocenters. The van der Waals surface area contributed by atoms with Gasteiger partial charge < -0.3 is 4.74 Å². The van der Waals surface area contributed by atoms with Crippen LogP contribution in [0.2, 0.25) is 0 Å². The van der Waals surface area contributed by atoms with Crippen LogP contribution in [0.4, 0.5) is 0 Å². The zero-order valence-electron chi connectivity index (χ0n) is 14.4. The zero-order valence-corrected chi connectivity index (χ0v) is 14.4. The topological polar surface area (TPSA) is 26.3 Å². The van der Waals surface area contributed by atoms with Crippen LogP contribution in [0.15, 0.2) is 12.2 Å². The van der Waals surface area contributed by atoms with Gasteiger partial charge in [0, 0.05) is 6.42 Å². The Morgan fingerprint density at radius 2 is 1.24 bits per heavy atom. The molecule has 0 aromatic heterocycles. The maximum absolute atomic E-state index is 10.9. The first-order chi connectivity index (χ1) is 10.3. The largest absolute Gasteiger partial charge is 0.469 e. The lowest BCUT2D eigenvalue weighted by molar-refractivity contribution is -0.140. The minimum absolute atomic E-state index is 0.116. The van der Waals surface area contributed by atoms with Gasteiger partial charge in [-0.05, 0) is 19.3 Å². The molecule has 0 aliphatic carbocycles. The van der Waals surface area contributed by atoms with Gasteiger partial charge in [0.2, 0.25) is 0 Å². The highest BCUT2D eigenvalue weighted by atomic mass is 16.5. The van der Waals surface area contributed by atoms with Crippen LogP contribution in [-0.4, -0.2) is 13.1 Å². The van der Waals surface area contributed by atoms with E-state index in [-0.39, 0.29) is 5.97 Å². The molecular weight excluding hydrogens is 260 g/mol. The lowest BCUT2D eigenvalue weighted by Gasteiger charge is -2.01. The predicted octanol–water partition coefficient (Wildman–Crippen LogP) is 6.20. The van der Waals surface area contributed by atoms with E-state index in [1.165, 1.54) is 77.7 Å². The summed E-state index contributed by atoms with van der Waals surface area (Å²) in [7, 11) is 1.44. The molecule has 2 heteroatoms. The van der Waals surface area contributed by atoms with Crippen LogP contribution >= 0.6 is 0 Å². The average Bonchev–Trinajstić information content (AvgIpc) is 2.50. The first-order valence-corrected chi connectivity index (χ1v) is 9.03. The van der Waals surface area contributed by atoms with Crippen LogP contribution in [0.25, 0.3) is 0 Å². The van der Waals surface area contributed by atoms with Gasteiger partial charge in [0.1, 0.15) is 0 Å². The third-order valence-electron chi connectivity index (χ3n) is 3.88. The highest BCUT2D eigenvalue weighted by Gasteiger charge is 1.95. The molecule has 0 heterocycles. The van der Waals surface area contributed by atoms with Crippen molar-refractivity contribution >= 4 is 5.97 Å². The van der Waals surface area contributed by atoms with Crippen molar-refractivity contribution in [2.45, 2.75) is 96.8 Å². The highest BCUT2D eigenvalue weighted by Crippen LogP contribution is 2.12. The summed E-state index contributed by atoms with van der Waals surface area (Å²) in [6.07, 6.45) is 22.1. The van der Waals surface area contributed by atoms with Crippen LogP contribution in [0.3, 0.4) is 0 Å². The van der Waals surface area contributed by atoms with Crippen LogP contribution in [-0.2, 0) is 9.53 Å². The van der Waals surface area contributed by atoms with Gasteiger partial charge in [0.05, 0.1) is 7.11 Å². The number of hydrogen-bond acceptors (Lipinski definition) is 2. The van der Waals surface area contributed by atoms with Crippen molar-refractivity contribution in [3.63, 3.8) is 0 Å². The molecule has 2 nitrogen and oxygen atoms in total. The van der Waals surface area contributed by atoms with Crippen molar-refractivity contribution in [1.82, 2.24) is 0 Å².